The van der Waals surface area contributed by atoms with Gasteiger partial charge in [0.1, 0.15) is 11.9 Å². The summed E-state index contributed by atoms with van der Waals surface area (Å²) < 4.78 is 21.3. The number of aromatic nitrogens is 2. The number of aliphatic imine (C=N–C) groups is 1. The van der Waals surface area contributed by atoms with Crippen LogP contribution >= 0.6 is 0 Å². The number of aryl methyl sites for hydroxylation is 2. The highest BCUT2D eigenvalue weighted by atomic mass is 19.1. The lowest BCUT2D eigenvalue weighted by molar-refractivity contribution is 0.214. The lowest BCUT2D eigenvalue weighted by Crippen LogP contribution is -2.42. The zero-order valence-corrected chi connectivity index (χ0v) is 15.7. The smallest absolute Gasteiger partial charge is 0.191 e. The predicted octanol–water partition coefficient (Wildman–Crippen LogP) is 2.74. The van der Waals surface area contributed by atoms with Crippen molar-refractivity contribution in [1.82, 2.24) is 20.2 Å². The third-order valence-corrected chi connectivity index (χ3v) is 3.99. The number of para-hydroxylation sites is 1. The Morgan fingerprint density at radius 2 is 2.12 bits per heavy atom. The van der Waals surface area contributed by atoms with Gasteiger partial charge < -0.3 is 19.9 Å². The highest BCUT2D eigenvalue weighted by Crippen LogP contribution is 2.16. The van der Waals surface area contributed by atoms with Crippen molar-refractivity contribution in [3.63, 3.8) is 0 Å². The zero-order valence-electron chi connectivity index (χ0n) is 15.7. The zero-order chi connectivity index (χ0) is 18.8. The van der Waals surface area contributed by atoms with E-state index in [0.29, 0.717) is 12.5 Å². The van der Waals surface area contributed by atoms with Gasteiger partial charge in [0.25, 0.3) is 0 Å². The van der Waals surface area contributed by atoms with Crippen LogP contribution in [0.25, 0.3) is 0 Å². The molecule has 0 saturated carbocycles. The van der Waals surface area contributed by atoms with E-state index in [1.54, 1.807) is 25.2 Å². The van der Waals surface area contributed by atoms with E-state index in [1.807, 2.05) is 26.2 Å². The Hall–Kier alpha value is -2.57. The summed E-state index contributed by atoms with van der Waals surface area (Å²) in [5.41, 5.74) is 0. The van der Waals surface area contributed by atoms with Gasteiger partial charge in [-0.15, -0.1) is 0 Å². The van der Waals surface area contributed by atoms with Gasteiger partial charge >= 0.3 is 0 Å². The predicted molar refractivity (Wildman–Crippen MR) is 102 cm³/mol. The van der Waals surface area contributed by atoms with Gasteiger partial charge in [-0.05, 0) is 38.8 Å². The first-order valence-electron chi connectivity index (χ1n) is 8.93. The number of guanidine groups is 1. The molecular formula is C19H28FN5O. The number of halogens is 1. The number of hydrogen-bond donors (Lipinski definition) is 2. The Morgan fingerprint density at radius 1 is 1.31 bits per heavy atom. The average Bonchev–Trinajstić information content (AvgIpc) is 3.04. The topological polar surface area (TPSA) is 63.5 Å². The van der Waals surface area contributed by atoms with Gasteiger partial charge in [0.05, 0.1) is 6.54 Å². The van der Waals surface area contributed by atoms with Crippen molar-refractivity contribution in [1.29, 1.82) is 0 Å². The van der Waals surface area contributed by atoms with Crippen LogP contribution in [0.5, 0.6) is 5.75 Å². The van der Waals surface area contributed by atoms with Crippen LogP contribution in [0, 0.1) is 12.7 Å². The number of rotatable bonds is 9. The summed E-state index contributed by atoms with van der Waals surface area (Å²) in [6, 6.07) is 6.41. The standard InChI is InChI=1S/C19H28FN5O/c1-15(26-18-9-5-4-8-17(18)20)14-24-19(21-3)23-10-6-7-12-25-13-11-22-16(25)2/h4-5,8-9,11,13,15H,6-7,10,12,14H2,1-3H3,(H2,21,23,24). The Morgan fingerprint density at radius 3 is 2.81 bits per heavy atom. The van der Waals surface area contributed by atoms with Crippen LogP contribution in [0.4, 0.5) is 4.39 Å². The molecule has 26 heavy (non-hydrogen) atoms. The van der Waals surface area contributed by atoms with E-state index in [4.69, 9.17) is 4.74 Å². The van der Waals surface area contributed by atoms with E-state index in [9.17, 15) is 4.39 Å². The summed E-state index contributed by atoms with van der Waals surface area (Å²) >= 11 is 0. The summed E-state index contributed by atoms with van der Waals surface area (Å²) in [7, 11) is 1.73. The quantitative estimate of drug-likeness (QED) is 0.410. The molecule has 1 aromatic heterocycles. The minimum atomic E-state index is -0.352. The van der Waals surface area contributed by atoms with Crippen molar-refractivity contribution in [3.05, 3.63) is 48.3 Å². The van der Waals surface area contributed by atoms with Crippen LogP contribution in [0.1, 0.15) is 25.6 Å². The average molecular weight is 361 g/mol. The molecule has 0 bridgehead atoms. The van der Waals surface area contributed by atoms with E-state index in [-0.39, 0.29) is 17.7 Å². The van der Waals surface area contributed by atoms with Crippen LogP contribution in [0.15, 0.2) is 41.7 Å². The Bertz CT molecular complexity index is 701. The number of ether oxygens (including phenoxy) is 1. The summed E-state index contributed by atoms with van der Waals surface area (Å²) in [5.74, 6) is 1.67. The van der Waals surface area contributed by atoms with E-state index in [0.717, 1.165) is 31.8 Å². The van der Waals surface area contributed by atoms with Crippen molar-refractivity contribution in [3.8, 4) is 5.75 Å². The maximum absolute atomic E-state index is 13.6. The first-order chi connectivity index (χ1) is 12.6. The van der Waals surface area contributed by atoms with Gasteiger partial charge in [-0.2, -0.15) is 0 Å². The number of nitrogens with one attached hydrogen (secondary N) is 2. The molecule has 0 radical (unpaired) electrons. The summed E-state index contributed by atoms with van der Waals surface area (Å²) in [6.07, 6.45) is 5.73. The molecule has 1 unspecified atom stereocenters. The second-order valence-electron chi connectivity index (χ2n) is 6.11. The Kier molecular flexibility index (Phi) is 7.92. The summed E-state index contributed by atoms with van der Waals surface area (Å²) in [4.78, 5) is 8.41. The first-order valence-corrected chi connectivity index (χ1v) is 8.93. The molecule has 2 rings (SSSR count). The molecule has 2 aromatic rings. The number of nitrogens with zero attached hydrogens (tertiary/aromatic N) is 3. The van der Waals surface area contributed by atoms with Crippen LogP contribution in [-0.2, 0) is 6.54 Å². The second kappa shape index (κ2) is 10.4. The maximum Gasteiger partial charge on any atom is 0.191 e. The highest BCUT2D eigenvalue weighted by Gasteiger charge is 2.08. The fraction of sp³-hybridized carbons (Fsp3) is 0.474. The van der Waals surface area contributed by atoms with Crippen LogP contribution in [-0.4, -0.2) is 41.8 Å². The number of benzene rings is 1. The minimum Gasteiger partial charge on any atom is -0.486 e. The summed E-state index contributed by atoms with van der Waals surface area (Å²) in [6.45, 7) is 6.22. The molecule has 0 aliphatic rings. The minimum absolute atomic E-state index is 0.185. The van der Waals surface area contributed by atoms with Gasteiger partial charge in [0, 0.05) is 32.5 Å². The van der Waals surface area contributed by atoms with Crippen LogP contribution in [0.2, 0.25) is 0 Å². The van der Waals surface area contributed by atoms with Crippen molar-refractivity contribution >= 4 is 5.96 Å². The molecule has 6 nitrogen and oxygen atoms in total. The van der Waals surface area contributed by atoms with E-state index < -0.39 is 0 Å². The molecule has 2 N–H and O–H groups in total. The Labute approximate surface area is 154 Å². The van der Waals surface area contributed by atoms with Crippen LogP contribution < -0.4 is 15.4 Å². The van der Waals surface area contributed by atoms with Crippen LogP contribution in [0.3, 0.4) is 0 Å². The van der Waals surface area contributed by atoms with Gasteiger partial charge in [-0.3, -0.25) is 4.99 Å². The molecule has 0 aliphatic carbocycles. The molecule has 0 fully saturated rings. The molecule has 1 atom stereocenters. The highest BCUT2D eigenvalue weighted by molar-refractivity contribution is 5.79. The maximum atomic E-state index is 13.6. The second-order valence-corrected chi connectivity index (χ2v) is 6.11. The first kappa shape index (κ1) is 19.8. The lowest BCUT2D eigenvalue weighted by atomic mass is 10.3. The molecule has 0 aliphatic heterocycles. The van der Waals surface area contributed by atoms with Crippen molar-refractivity contribution in [2.75, 3.05) is 20.1 Å². The van der Waals surface area contributed by atoms with Gasteiger partial charge in [0.15, 0.2) is 17.5 Å². The monoisotopic (exact) mass is 361 g/mol. The van der Waals surface area contributed by atoms with Crippen molar-refractivity contribution in [2.24, 2.45) is 4.99 Å². The molecule has 0 amide bonds. The number of hydrogen-bond acceptors (Lipinski definition) is 3. The fourth-order valence-electron chi connectivity index (χ4n) is 2.51. The molecule has 0 saturated heterocycles. The van der Waals surface area contributed by atoms with Gasteiger partial charge in [-0.25, -0.2) is 9.37 Å². The van der Waals surface area contributed by atoms with E-state index in [2.05, 4.69) is 25.2 Å². The summed E-state index contributed by atoms with van der Waals surface area (Å²) in [5, 5.41) is 6.48. The SMILES string of the molecule is CN=C(NCCCCn1ccnc1C)NCC(C)Oc1ccccc1F. The van der Waals surface area contributed by atoms with E-state index >= 15 is 0 Å². The lowest BCUT2D eigenvalue weighted by Gasteiger charge is -2.18. The largest absolute Gasteiger partial charge is 0.486 e. The number of imidazole rings is 1. The number of unbranched alkanes of at least 4 members (excludes halogenated alkanes) is 1. The fourth-order valence-corrected chi connectivity index (χ4v) is 2.51. The third-order valence-electron chi connectivity index (χ3n) is 3.99. The van der Waals surface area contributed by atoms with Gasteiger partial charge in [-0.1, -0.05) is 12.1 Å². The van der Waals surface area contributed by atoms with Crippen molar-refractivity contribution in [2.45, 2.75) is 39.3 Å². The molecule has 142 valence electrons. The third kappa shape index (κ3) is 6.38. The normalized spacial score (nSPS) is 12.7. The molecule has 1 heterocycles. The van der Waals surface area contributed by atoms with E-state index in [1.165, 1.54) is 6.07 Å². The Balaban J connectivity index is 1.63. The molecule has 0 spiro atoms. The molecule has 7 heteroatoms. The molecular weight excluding hydrogens is 333 g/mol. The molecule has 1 aromatic carbocycles. The van der Waals surface area contributed by atoms with Gasteiger partial charge in [0.2, 0.25) is 0 Å². The van der Waals surface area contributed by atoms with Crippen molar-refractivity contribution < 1.29 is 9.13 Å².